The molecule has 236 valence electrons. The second-order valence-corrected chi connectivity index (χ2v) is 12.1. The van der Waals surface area contributed by atoms with E-state index in [1.165, 1.54) is 0 Å². The minimum Gasteiger partial charge on any atom is -0.444 e. The van der Waals surface area contributed by atoms with Crippen molar-refractivity contribution in [2.75, 3.05) is 13.1 Å². The quantitative estimate of drug-likeness (QED) is 0.146. The molecule has 0 saturated carbocycles. The number of carbonyl (C=O) groups excluding carboxylic acids is 4. The number of hydrogen-bond acceptors (Lipinski definition) is 8. The first-order valence-corrected chi connectivity index (χ1v) is 14.8. The van der Waals surface area contributed by atoms with Gasteiger partial charge < -0.3 is 26.1 Å². The summed E-state index contributed by atoms with van der Waals surface area (Å²) in [5.41, 5.74) is 1.06. The summed E-state index contributed by atoms with van der Waals surface area (Å²) in [6.45, 7) is 4.68. The highest BCUT2D eigenvalue weighted by molar-refractivity contribution is 5.94. The number of hydrogen-bond donors (Lipinski definition) is 4. The summed E-state index contributed by atoms with van der Waals surface area (Å²) in [6, 6.07) is 16.7. The molecule has 6 N–H and O–H groups in total. The van der Waals surface area contributed by atoms with E-state index in [0.29, 0.717) is 25.7 Å². The fraction of sp³-hybridized carbons (Fsp3) is 0.484. The molecule has 2 saturated heterocycles. The lowest BCUT2D eigenvalue weighted by atomic mass is 9.93. The van der Waals surface area contributed by atoms with Gasteiger partial charge in [-0.3, -0.25) is 19.4 Å². The number of alkyl carbamates (subject to hydrolysis) is 1. The Morgan fingerprint density at radius 3 is 2.16 bits per heavy atom. The number of carbonyl (C=O) groups is 4. The van der Waals surface area contributed by atoms with Crippen LogP contribution in [0.15, 0.2) is 71.0 Å². The number of hydrazine groups is 1. The Hall–Kier alpha value is -4.52. The first-order chi connectivity index (χ1) is 21.0. The zero-order chi connectivity index (χ0) is 31.9. The third-order valence-corrected chi connectivity index (χ3v) is 7.95. The van der Waals surface area contributed by atoms with E-state index in [9.17, 15) is 19.2 Å². The maximum absolute atomic E-state index is 14.3. The molecule has 13 nitrogen and oxygen atoms in total. The third kappa shape index (κ3) is 7.90. The van der Waals surface area contributed by atoms with Gasteiger partial charge in [0, 0.05) is 12.0 Å². The first-order valence-electron chi connectivity index (χ1n) is 14.8. The van der Waals surface area contributed by atoms with Crippen molar-refractivity contribution >= 4 is 23.8 Å². The number of nitrogens with zero attached hydrogens (tertiary/aromatic N) is 4. The van der Waals surface area contributed by atoms with Crippen LogP contribution in [0.5, 0.6) is 0 Å². The highest BCUT2D eigenvalue weighted by atomic mass is 16.6. The summed E-state index contributed by atoms with van der Waals surface area (Å²) in [7, 11) is 0. The monoisotopic (exact) mass is 606 g/mol. The number of rotatable bonds is 9. The average molecular weight is 607 g/mol. The summed E-state index contributed by atoms with van der Waals surface area (Å²) < 4.78 is 5.20. The molecule has 0 radical (unpaired) electrons. The highest BCUT2D eigenvalue weighted by Gasteiger charge is 2.49. The van der Waals surface area contributed by atoms with E-state index < -0.39 is 54.1 Å². The minimum atomic E-state index is -1.15. The van der Waals surface area contributed by atoms with Crippen molar-refractivity contribution in [2.24, 2.45) is 27.9 Å². The Labute approximate surface area is 257 Å². The number of ether oxygens (including phenoxy) is 1. The molecule has 0 bridgehead atoms. The topological polar surface area (TPSA) is 185 Å². The number of fused-ring (bicyclic) bond motifs is 1. The number of nitrogens with one attached hydrogen (secondary N) is 2. The highest BCUT2D eigenvalue weighted by Crippen LogP contribution is 2.36. The van der Waals surface area contributed by atoms with E-state index in [4.69, 9.17) is 16.4 Å². The van der Waals surface area contributed by atoms with Crippen LogP contribution < -0.4 is 22.3 Å². The predicted octanol–water partition coefficient (Wildman–Crippen LogP) is 2.58. The van der Waals surface area contributed by atoms with Gasteiger partial charge in [-0.1, -0.05) is 65.9 Å². The molecule has 2 aliphatic rings. The van der Waals surface area contributed by atoms with Gasteiger partial charge >= 0.3 is 6.09 Å². The van der Waals surface area contributed by atoms with Crippen LogP contribution in [0.4, 0.5) is 4.79 Å². The molecule has 2 aromatic rings. The number of amides is 4. The molecule has 2 fully saturated rings. The lowest BCUT2D eigenvalue weighted by Gasteiger charge is -2.35. The molecule has 13 heteroatoms. The summed E-state index contributed by atoms with van der Waals surface area (Å²) in [4.78, 5) is 55.1. The van der Waals surface area contributed by atoms with Crippen molar-refractivity contribution in [3.63, 3.8) is 0 Å². The molecule has 0 unspecified atom stereocenters. The van der Waals surface area contributed by atoms with E-state index >= 15 is 0 Å². The smallest absolute Gasteiger partial charge is 0.408 e. The fourth-order valence-electron chi connectivity index (χ4n) is 5.96. The van der Waals surface area contributed by atoms with Crippen molar-refractivity contribution in [1.82, 2.24) is 20.5 Å². The largest absolute Gasteiger partial charge is 0.444 e. The van der Waals surface area contributed by atoms with Crippen molar-refractivity contribution < 1.29 is 23.9 Å². The SMILES string of the molecule is CC(C)(C)OC(=O)NCC(=O)N(N)[C@@H]1C(=O)N2[C@@H](CC[C@@H]1CN=NN)CC[C@H]2C(=O)NC(c1ccccc1)c1ccccc1. The van der Waals surface area contributed by atoms with E-state index in [1.807, 2.05) is 60.7 Å². The van der Waals surface area contributed by atoms with Crippen LogP contribution in [0, 0.1) is 5.92 Å². The van der Waals surface area contributed by atoms with Crippen molar-refractivity contribution in [3.8, 4) is 0 Å². The molecule has 2 aromatic carbocycles. The Balaban J connectivity index is 1.56. The summed E-state index contributed by atoms with van der Waals surface area (Å²) in [5, 5.41) is 13.6. The standard InChI is InChI=1S/C31H42N8O5/c1-31(2,3)44-30(43)34-19-25(40)39(33)27-22(18-35-37-32)14-15-23-16-17-24(38(23)29(27)42)28(41)36-26(20-10-6-4-7-11-20)21-12-8-5-9-13-21/h4-13,22-24,26-27H,14-19,33H2,1-3H3,(H2,32,35)(H,34,43)(H,36,41)/t22-,23+,24+,27+/m1/s1. The van der Waals surface area contributed by atoms with Crippen LogP contribution in [0.1, 0.15) is 63.6 Å². The van der Waals surface area contributed by atoms with Gasteiger partial charge in [0.1, 0.15) is 24.2 Å². The number of nitrogens with two attached hydrogens (primary N) is 2. The predicted molar refractivity (Wildman–Crippen MR) is 162 cm³/mol. The summed E-state index contributed by atoms with van der Waals surface area (Å²) in [6.07, 6.45) is 1.40. The molecule has 44 heavy (non-hydrogen) atoms. The Kier molecular flexibility index (Phi) is 10.5. The molecule has 0 spiro atoms. The lowest BCUT2D eigenvalue weighted by molar-refractivity contribution is -0.150. The second-order valence-electron chi connectivity index (χ2n) is 12.1. The Morgan fingerprint density at radius 2 is 1.59 bits per heavy atom. The normalized spacial score (nSPS) is 21.9. The zero-order valence-electron chi connectivity index (χ0n) is 25.4. The summed E-state index contributed by atoms with van der Waals surface area (Å²) >= 11 is 0. The van der Waals surface area contributed by atoms with Gasteiger partial charge in [-0.2, -0.15) is 5.11 Å². The van der Waals surface area contributed by atoms with Crippen molar-refractivity contribution in [2.45, 2.75) is 76.2 Å². The van der Waals surface area contributed by atoms with Crippen LogP contribution in [0.25, 0.3) is 0 Å². The molecule has 4 atom stereocenters. The van der Waals surface area contributed by atoms with Crippen molar-refractivity contribution in [3.05, 3.63) is 71.8 Å². The Morgan fingerprint density at radius 1 is 1.00 bits per heavy atom. The van der Waals surface area contributed by atoms with Crippen LogP contribution in [-0.4, -0.2) is 70.5 Å². The van der Waals surface area contributed by atoms with Crippen molar-refractivity contribution in [1.29, 1.82) is 0 Å². The molecule has 0 aromatic heterocycles. The van der Waals surface area contributed by atoms with E-state index in [0.717, 1.165) is 16.1 Å². The van der Waals surface area contributed by atoms with E-state index in [2.05, 4.69) is 21.0 Å². The maximum Gasteiger partial charge on any atom is 0.408 e. The molecular formula is C31H42N8O5. The van der Waals surface area contributed by atoms with Gasteiger partial charge in [0.2, 0.25) is 11.8 Å². The molecular weight excluding hydrogens is 564 g/mol. The van der Waals surface area contributed by atoms with Gasteiger partial charge in [0.25, 0.3) is 5.91 Å². The maximum atomic E-state index is 14.3. The van der Waals surface area contributed by atoms with Gasteiger partial charge in [-0.15, -0.1) is 0 Å². The molecule has 2 heterocycles. The molecule has 4 rings (SSSR count). The van der Waals surface area contributed by atoms with Crippen LogP contribution in [0.3, 0.4) is 0 Å². The number of benzene rings is 2. The van der Waals surface area contributed by atoms with Crippen LogP contribution >= 0.6 is 0 Å². The molecule has 0 aliphatic carbocycles. The third-order valence-electron chi connectivity index (χ3n) is 7.95. The van der Waals surface area contributed by atoms with Gasteiger partial charge in [0.15, 0.2) is 0 Å². The summed E-state index contributed by atoms with van der Waals surface area (Å²) in [5.74, 6) is 9.63. The average Bonchev–Trinajstić information content (AvgIpc) is 3.38. The lowest BCUT2D eigenvalue weighted by Crippen LogP contribution is -2.61. The zero-order valence-corrected chi connectivity index (χ0v) is 25.4. The Bertz CT molecular complexity index is 1290. The van der Waals surface area contributed by atoms with Crippen LogP contribution in [-0.2, 0) is 19.1 Å². The van der Waals surface area contributed by atoms with E-state index in [1.54, 1.807) is 25.7 Å². The fourth-order valence-corrected chi connectivity index (χ4v) is 5.96. The molecule has 4 amide bonds. The first kappa shape index (κ1) is 32.4. The molecule has 2 aliphatic heterocycles. The minimum absolute atomic E-state index is 0.0644. The van der Waals surface area contributed by atoms with E-state index in [-0.39, 0.29) is 18.5 Å². The van der Waals surface area contributed by atoms with Gasteiger partial charge in [-0.25, -0.2) is 10.6 Å². The van der Waals surface area contributed by atoms with Gasteiger partial charge in [-0.05, 0) is 57.6 Å². The van der Waals surface area contributed by atoms with Gasteiger partial charge in [0.05, 0.1) is 12.6 Å². The van der Waals surface area contributed by atoms with Crippen LogP contribution in [0.2, 0.25) is 0 Å². The second kappa shape index (κ2) is 14.3.